The van der Waals surface area contributed by atoms with Crippen LogP contribution in [0.5, 0.6) is 0 Å². The second-order valence-electron chi connectivity index (χ2n) is 6.08. The lowest BCUT2D eigenvalue weighted by atomic mass is 10.2. The van der Waals surface area contributed by atoms with Crippen LogP contribution in [-0.2, 0) is 25.1 Å². The molecule has 2 aromatic heterocycles. The molecule has 13 nitrogen and oxygen atoms in total. The fourth-order valence-corrected chi connectivity index (χ4v) is 3.54. The first-order chi connectivity index (χ1) is 13.5. The Morgan fingerprint density at radius 3 is 2.17 bits per heavy atom. The Balaban J connectivity index is 2.07. The molecular formula is C13H17BrN4O9P2-4. The predicted molar refractivity (Wildman–Crippen MR) is 95.9 cm³/mol. The quantitative estimate of drug-likeness (QED) is 0.175. The number of hydrogen-bond acceptors (Lipinski definition) is 11. The number of hydrogen-bond donors (Lipinski definition) is 1. The molecule has 0 saturated heterocycles. The van der Waals surface area contributed by atoms with Gasteiger partial charge in [0.05, 0.1) is 32.8 Å². The molecule has 0 aromatic carbocycles. The minimum absolute atomic E-state index is 0.0400. The molecular weight excluding hydrogens is 498 g/mol. The third-order valence-electron chi connectivity index (χ3n) is 3.66. The molecule has 2 rings (SSSR count). The van der Waals surface area contributed by atoms with Crippen LogP contribution >= 0.6 is 31.1 Å². The minimum atomic E-state index is -4.70. The number of nitrogens with zero attached hydrogens (tertiary/aromatic N) is 3. The van der Waals surface area contributed by atoms with Crippen molar-refractivity contribution in [3.05, 3.63) is 21.4 Å². The lowest BCUT2D eigenvalue weighted by Crippen LogP contribution is -2.26. The highest BCUT2D eigenvalue weighted by molar-refractivity contribution is 9.10. The number of ether oxygens (including phenoxy) is 2. The maximum Gasteiger partial charge on any atom is 0.278 e. The Bertz CT molecular complexity index is 939. The molecule has 2 aromatic rings. The highest BCUT2D eigenvalue weighted by Gasteiger charge is 2.18. The van der Waals surface area contributed by atoms with Crippen molar-refractivity contribution in [3.63, 3.8) is 0 Å². The van der Waals surface area contributed by atoms with Gasteiger partial charge in [0.25, 0.3) is 5.56 Å². The standard InChI is InChI=1S/C13H21BrN4O9P2/c14-13-17-10-11(15-8-16-12(10)19)18(13)5-9(6-26-1-3-28(20,21)22)7-27-2-4-29(23,24)25/h8-9H,1-7H2,(H,15,16,19)(H2,20,21,22)(H2,23,24,25)/p-4. The number of halogens is 1. The third kappa shape index (κ3) is 8.36. The molecule has 0 atom stereocenters. The highest BCUT2D eigenvalue weighted by atomic mass is 79.9. The number of aromatic nitrogens is 4. The van der Waals surface area contributed by atoms with Crippen LogP contribution < -0.4 is 25.1 Å². The van der Waals surface area contributed by atoms with Gasteiger partial charge < -0.3 is 47.7 Å². The summed E-state index contributed by atoms with van der Waals surface area (Å²) in [7, 11) is -9.40. The number of imidazole rings is 1. The van der Waals surface area contributed by atoms with Crippen molar-refractivity contribution in [3.8, 4) is 0 Å². The van der Waals surface area contributed by atoms with Crippen molar-refractivity contribution in [2.24, 2.45) is 5.92 Å². The Kier molecular flexibility index (Phi) is 8.71. The molecule has 0 fully saturated rings. The Hall–Kier alpha value is -0.950. The minimum Gasteiger partial charge on any atom is -0.811 e. The highest BCUT2D eigenvalue weighted by Crippen LogP contribution is 2.23. The smallest absolute Gasteiger partial charge is 0.278 e. The number of nitrogens with one attached hydrogen (secondary N) is 1. The molecule has 164 valence electrons. The number of rotatable bonds is 12. The predicted octanol–water partition coefficient (Wildman–Crippen LogP) is -2.64. The Morgan fingerprint density at radius 2 is 1.66 bits per heavy atom. The van der Waals surface area contributed by atoms with Gasteiger partial charge in [-0.1, -0.05) is 15.2 Å². The third-order valence-corrected chi connectivity index (χ3v) is 5.72. The van der Waals surface area contributed by atoms with Crippen LogP contribution in [-0.4, -0.2) is 58.3 Å². The Labute approximate surface area is 172 Å². The molecule has 1 N–H and O–H groups in total. The zero-order chi connectivity index (χ0) is 21.7. The second kappa shape index (κ2) is 10.4. The second-order valence-corrected chi connectivity index (χ2v) is 10.1. The fraction of sp³-hybridized carbons (Fsp3) is 0.615. The van der Waals surface area contributed by atoms with E-state index in [2.05, 4.69) is 30.9 Å². The van der Waals surface area contributed by atoms with Crippen LogP contribution in [0.1, 0.15) is 0 Å². The molecule has 0 saturated carbocycles. The van der Waals surface area contributed by atoms with Crippen LogP contribution in [0.15, 0.2) is 15.9 Å². The van der Waals surface area contributed by atoms with Gasteiger partial charge in [-0.2, -0.15) is 0 Å². The summed E-state index contributed by atoms with van der Waals surface area (Å²) in [6.45, 7) is -0.558. The zero-order valence-electron chi connectivity index (χ0n) is 14.9. The first kappa shape index (κ1) is 24.3. The molecule has 0 bridgehead atoms. The van der Waals surface area contributed by atoms with Crippen molar-refractivity contribution in [1.82, 2.24) is 19.5 Å². The summed E-state index contributed by atoms with van der Waals surface area (Å²) in [6, 6.07) is 0. The lowest BCUT2D eigenvalue weighted by Gasteiger charge is -2.30. The van der Waals surface area contributed by atoms with E-state index in [0.29, 0.717) is 4.73 Å². The van der Waals surface area contributed by atoms with Crippen LogP contribution in [0.25, 0.3) is 11.2 Å². The van der Waals surface area contributed by atoms with Gasteiger partial charge >= 0.3 is 0 Å². The number of fused-ring (bicyclic) bond motifs is 1. The van der Waals surface area contributed by atoms with Crippen LogP contribution in [0.3, 0.4) is 0 Å². The molecule has 2 heterocycles. The molecule has 29 heavy (non-hydrogen) atoms. The number of aromatic amines is 1. The summed E-state index contributed by atoms with van der Waals surface area (Å²) in [4.78, 5) is 65.1. The average molecular weight is 515 g/mol. The van der Waals surface area contributed by atoms with Gasteiger partial charge in [-0.3, -0.25) is 4.79 Å². The molecule has 0 aliphatic rings. The summed E-state index contributed by atoms with van der Waals surface area (Å²) in [5, 5.41) is 0. The van der Waals surface area contributed by atoms with Crippen molar-refractivity contribution >= 4 is 42.3 Å². The van der Waals surface area contributed by atoms with Gasteiger partial charge in [0, 0.05) is 12.5 Å². The van der Waals surface area contributed by atoms with E-state index in [0.717, 1.165) is 0 Å². The first-order valence-electron chi connectivity index (χ1n) is 8.23. The first-order valence-corrected chi connectivity index (χ1v) is 12.5. The summed E-state index contributed by atoms with van der Waals surface area (Å²) >= 11 is 3.23. The van der Waals surface area contributed by atoms with E-state index in [1.165, 1.54) is 6.33 Å². The molecule has 0 aliphatic carbocycles. The average Bonchev–Trinajstić information content (AvgIpc) is 2.91. The van der Waals surface area contributed by atoms with Crippen molar-refractivity contribution in [1.29, 1.82) is 0 Å². The van der Waals surface area contributed by atoms with E-state index in [1.54, 1.807) is 4.57 Å². The van der Waals surface area contributed by atoms with Gasteiger partial charge in [-0.25, -0.2) is 9.97 Å². The van der Waals surface area contributed by atoms with Gasteiger partial charge in [0.1, 0.15) is 0 Å². The summed E-state index contributed by atoms with van der Waals surface area (Å²) < 4.78 is 33.7. The summed E-state index contributed by atoms with van der Waals surface area (Å²) in [5.74, 6) is -0.458. The van der Waals surface area contributed by atoms with Gasteiger partial charge in [0.15, 0.2) is 15.9 Å². The van der Waals surface area contributed by atoms with E-state index in [4.69, 9.17) is 9.47 Å². The largest absolute Gasteiger partial charge is 0.811 e. The fourth-order valence-electron chi connectivity index (χ4n) is 2.35. The molecule has 0 aliphatic heterocycles. The molecule has 0 amide bonds. The van der Waals surface area contributed by atoms with Crippen LogP contribution in [0.2, 0.25) is 0 Å². The van der Waals surface area contributed by atoms with Gasteiger partial charge in [-0.15, -0.1) is 0 Å². The van der Waals surface area contributed by atoms with Crippen molar-refractivity contribution < 1.29 is 38.2 Å². The Morgan fingerprint density at radius 1 is 1.10 bits per heavy atom. The normalized spacial score (nSPS) is 12.9. The molecule has 0 unspecified atom stereocenters. The van der Waals surface area contributed by atoms with Crippen LogP contribution in [0, 0.1) is 5.92 Å². The molecule has 0 radical (unpaired) electrons. The van der Waals surface area contributed by atoms with Gasteiger partial charge in [0.2, 0.25) is 0 Å². The topological polar surface area (TPSA) is 208 Å². The van der Waals surface area contributed by atoms with E-state index in [-0.39, 0.29) is 44.1 Å². The van der Waals surface area contributed by atoms with Gasteiger partial charge in [-0.05, 0) is 28.3 Å². The number of H-pyrrole nitrogens is 1. The summed E-state index contributed by atoms with van der Waals surface area (Å²) in [6.07, 6.45) is -0.146. The van der Waals surface area contributed by atoms with Crippen LogP contribution in [0.4, 0.5) is 0 Å². The SMILES string of the molecule is O=c1[nH]cnc2c1nc(Br)n2CC(COCCP(=O)([O-])[O-])COCCP(=O)([O-])[O-]. The van der Waals surface area contributed by atoms with Crippen molar-refractivity contribution in [2.75, 3.05) is 38.8 Å². The molecule has 16 heteroatoms. The van der Waals surface area contributed by atoms with E-state index in [9.17, 15) is 33.5 Å². The maximum absolute atomic E-state index is 11.8. The maximum atomic E-state index is 11.8. The van der Waals surface area contributed by atoms with E-state index in [1.807, 2.05) is 0 Å². The monoisotopic (exact) mass is 514 g/mol. The molecule has 0 spiro atoms. The van der Waals surface area contributed by atoms with Crippen molar-refractivity contribution in [2.45, 2.75) is 6.54 Å². The zero-order valence-corrected chi connectivity index (χ0v) is 18.3. The van der Waals surface area contributed by atoms with E-state index < -0.39 is 39.0 Å². The lowest BCUT2D eigenvalue weighted by molar-refractivity contribution is -0.315. The van der Waals surface area contributed by atoms with E-state index >= 15 is 0 Å². The summed E-state index contributed by atoms with van der Waals surface area (Å²) in [5.41, 5.74) is -0.0723.